The molecular weight excluding hydrogens is 369 g/mol. The molecule has 2 unspecified atom stereocenters. The number of nitrogens with zero attached hydrogens (tertiary/aromatic N) is 1. The highest BCUT2D eigenvalue weighted by Gasteiger charge is 2.37. The molecule has 6 heteroatoms. The van der Waals surface area contributed by atoms with Gasteiger partial charge in [-0.2, -0.15) is 0 Å². The molecule has 2 aliphatic heterocycles. The zero-order valence-electron chi connectivity index (χ0n) is 16.4. The van der Waals surface area contributed by atoms with Gasteiger partial charge < -0.3 is 15.5 Å². The molecule has 152 valence electrons. The quantitative estimate of drug-likeness (QED) is 0.815. The summed E-state index contributed by atoms with van der Waals surface area (Å²) in [7, 11) is 0. The van der Waals surface area contributed by atoms with Gasteiger partial charge in [0.1, 0.15) is 11.9 Å². The molecule has 2 aliphatic rings. The molecule has 0 radical (unpaired) electrons. The number of halogens is 1. The molecule has 0 aliphatic carbocycles. The Bertz CT molecular complexity index is 878. The fraction of sp³-hybridized carbons (Fsp3) is 0.391. The number of carbonyl (C=O) groups is 2. The van der Waals surface area contributed by atoms with E-state index in [0.717, 1.165) is 29.7 Å². The normalized spacial score (nSPS) is 20.9. The second-order valence-electron chi connectivity index (χ2n) is 7.81. The van der Waals surface area contributed by atoms with Crippen LogP contribution < -0.4 is 10.6 Å². The number of benzene rings is 2. The van der Waals surface area contributed by atoms with E-state index in [1.807, 2.05) is 24.3 Å². The van der Waals surface area contributed by atoms with Gasteiger partial charge in [0.2, 0.25) is 11.8 Å². The smallest absolute Gasteiger partial charge is 0.243 e. The molecule has 4 rings (SSSR count). The van der Waals surface area contributed by atoms with Gasteiger partial charge >= 0.3 is 0 Å². The van der Waals surface area contributed by atoms with Crippen LogP contribution in [0.2, 0.25) is 0 Å². The molecule has 2 amide bonds. The Labute approximate surface area is 170 Å². The molecule has 1 fully saturated rings. The number of carbonyl (C=O) groups excluding carboxylic acids is 2. The Morgan fingerprint density at radius 2 is 1.86 bits per heavy atom. The van der Waals surface area contributed by atoms with Crippen molar-refractivity contribution in [3.05, 3.63) is 71.0 Å². The molecule has 0 bridgehead atoms. The topological polar surface area (TPSA) is 61.4 Å². The minimum atomic E-state index is -0.494. The van der Waals surface area contributed by atoms with Crippen LogP contribution in [0.5, 0.6) is 0 Å². The molecule has 2 heterocycles. The van der Waals surface area contributed by atoms with E-state index in [9.17, 15) is 14.0 Å². The summed E-state index contributed by atoms with van der Waals surface area (Å²) in [6, 6.07) is 13.8. The summed E-state index contributed by atoms with van der Waals surface area (Å²) >= 11 is 0. The van der Waals surface area contributed by atoms with E-state index in [1.54, 1.807) is 17.0 Å². The maximum Gasteiger partial charge on any atom is 0.243 e. The van der Waals surface area contributed by atoms with E-state index in [2.05, 4.69) is 10.6 Å². The average molecular weight is 395 g/mol. The Kier molecular flexibility index (Phi) is 5.90. The fourth-order valence-corrected chi connectivity index (χ4v) is 4.19. The van der Waals surface area contributed by atoms with Crippen molar-refractivity contribution in [2.75, 3.05) is 19.6 Å². The lowest BCUT2D eigenvalue weighted by atomic mass is 9.92. The Balaban J connectivity index is 1.45. The number of fused-ring (bicyclic) bond motifs is 1. The standard InChI is InChI=1S/C23H26FN3O2/c24-20-7-5-16(6-8-20)9-12-26-22(28)21-13-17-3-1-2-4-19(17)15-27(21)23(29)18-10-11-25-14-18/h1-8,18,21,25H,9-15H2,(H,26,28). The second-order valence-corrected chi connectivity index (χ2v) is 7.81. The van der Waals surface area contributed by atoms with Gasteiger partial charge in [-0.3, -0.25) is 9.59 Å². The van der Waals surface area contributed by atoms with Crippen molar-refractivity contribution in [1.82, 2.24) is 15.5 Å². The SMILES string of the molecule is O=C(NCCc1ccc(F)cc1)C1Cc2ccccc2CN1C(=O)C1CCNC1. The van der Waals surface area contributed by atoms with E-state index in [0.29, 0.717) is 32.5 Å². The van der Waals surface area contributed by atoms with E-state index >= 15 is 0 Å². The first-order chi connectivity index (χ1) is 14.1. The molecule has 1 saturated heterocycles. The van der Waals surface area contributed by atoms with Crippen LogP contribution in [0.3, 0.4) is 0 Å². The van der Waals surface area contributed by atoms with Gasteiger partial charge in [0.05, 0.1) is 5.92 Å². The van der Waals surface area contributed by atoms with E-state index in [4.69, 9.17) is 0 Å². The third-order valence-corrected chi connectivity index (χ3v) is 5.87. The first-order valence-corrected chi connectivity index (χ1v) is 10.2. The maximum atomic E-state index is 13.1. The molecule has 2 aromatic carbocycles. The fourth-order valence-electron chi connectivity index (χ4n) is 4.19. The minimum absolute atomic E-state index is 0.0585. The number of nitrogens with one attached hydrogen (secondary N) is 2. The van der Waals surface area contributed by atoms with E-state index < -0.39 is 6.04 Å². The van der Waals surface area contributed by atoms with Crippen LogP contribution in [0.4, 0.5) is 4.39 Å². The number of hydrogen-bond donors (Lipinski definition) is 2. The average Bonchev–Trinajstić information content (AvgIpc) is 3.28. The molecule has 29 heavy (non-hydrogen) atoms. The van der Waals surface area contributed by atoms with E-state index in [1.165, 1.54) is 12.1 Å². The Hall–Kier alpha value is -2.73. The maximum absolute atomic E-state index is 13.1. The van der Waals surface area contributed by atoms with Crippen LogP contribution in [0.15, 0.2) is 48.5 Å². The van der Waals surface area contributed by atoms with Gasteiger partial charge in [0.25, 0.3) is 0 Å². The summed E-state index contributed by atoms with van der Waals surface area (Å²) in [6.07, 6.45) is 1.97. The number of amides is 2. The molecule has 2 N–H and O–H groups in total. The van der Waals surface area contributed by atoms with Crippen LogP contribution in [-0.2, 0) is 29.0 Å². The lowest BCUT2D eigenvalue weighted by molar-refractivity contribution is -0.144. The van der Waals surface area contributed by atoms with Crippen LogP contribution in [0.25, 0.3) is 0 Å². The van der Waals surface area contributed by atoms with Gasteiger partial charge in [-0.15, -0.1) is 0 Å². The summed E-state index contributed by atoms with van der Waals surface area (Å²) in [5.41, 5.74) is 3.20. The minimum Gasteiger partial charge on any atom is -0.354 e. The Morgan fingerprint density at radius 1 is 1.10 bits per heavy atom. The molecule has 0 spiro atoms. The summed E-state index contributed by atoms with van der Waals surface area (Å²) in [5.74, 6) is -0.395. The van der Waals surface area contributed by atoms with Crippen molar-refractivity contribution >= 4 is 11.8 Å². The van der Waals surface area contributed by atoms with Crippen LogP contribution in [-0.4, -0.2) is 42.4 Å². The summed E-state index contributed by atoms with van der Waals surface area (Å²) in [6.45, 7) is 2.45. The Morgan fingerprint density at radius 3 is 2.59 bits per heavy atom. The predicted molar refractivity (Wildman–Crippen MR) is 109 cm³/mol. The summed E-state index contributed by atoms with van der Waals surface area (Å²) in [5, 5.41) is 6.22. The zero-order chi connectivity index (χ0) is 20.2. The van der Waals surface area contributed by atoms with Crippen molar-refractivity contribution in [3.8, 4) is 0 Å². The van der Waals surface area contributed by atoms with Crippen molar-refractivity contribution in [2.45, 2.75) is 31.8 Å². The first-order valence-electron chi connectivity index (χ1n) is 10.2. The lowest BCUT2D eigenvalue weighted by Crippen LogP contribution is -2.54. The van der Waals surface area contributed by atoms with Crippen molar-refractivity contribution in [2.24, 2.45) is 5.92 Å². The first kappa shape index (κ1) is 19.6. The van der Waals surface area contributed by atoms with Crippen molar-refractivity contribution in [1.29, 1.82) is 0 Å². The van der Waals surface area contributed by atoms with Gasteiger partial charge in [0.15, 0.2) is 0 Å². The van der Waals surface area contributed by atoms with Crippen LogP contribution in [0.1, 0.15) is 23.1 Å². The third kappa shape index (κ3) is 4.48. The van der Waals surface area contributed by atoms with Crippen LogP contribution in [0, 0.1) is 11.7 Å². The molecule has 0 aromatic heterocycles. The predicted octanol–water partition coefficient (Wildman–Crippen LogP) is 2.05. The molecule has 5 nitrogen and oxygen atoms in total. The second kappa shape index (κ2) is 8.74. The zero-order valence-corrected chi connectivity index (χ0v) is 16.4. The summed E-state index contributed by atoms with van der Waals surface area (Å²) in [4.78, 5) is 27.9. The van der Waals surface area contributed by atoms with Gasteiger partial charge in [-0.05, 0) is 48.2 Å². The van der Waals surface area contributed by atoms with Crippen molar-refractivity contribution in [3.63, 3.8) is 0 Å². The van der Waals surface area contributed by atoms with Gasteiger partial charge in [0, 0.05) is 26.1 Å². The summed E-state index contributed by atoms with van der Waals surface area (Å²) < 4.78 is 13.0. The van der Waals surface area contributed by atoms with Crippen molar-refractivity contribution < 1.29 is 14.0 Å². The molecule has 2 aromatic rings. The highest BCUT2D eigenvalue weighted by molar-refractivity contribution is 5.89. The van der Waals surface area contributed by atoms with E-state index in [-0.39, 0.29) is 23.5 Å². The molecule has 2 atom stereocenters. The largest absolute Gasteiger partial charge is 0.354 e. The van der Waals surface area contributed by atoms with Gasteiger partial charge in [-0.1, -0.05) is 36.4 Å². The highest BCUT2D eigenvalue weighted by Crippen LogP contribution is 2.26. The molecular formula is C23H26FN3O2. The molecule has 0 saturated carbocycles. The third-order valence-electron chi connectivity index (χ3n) is 5.87. The van der Waals surface area contributed by atoms with Gasteiger partial charge in [-0.25, -0.2) is 4.39 Å². The monoisotopic (exact) mass is 395 g/mol. The van der Waals surface area contributed by atoms with Crippen LogP contribution >= 0.6 is 0 Å². The number of hydrogen-bond acceptors (Lipinski definition) is 3. The lowest BCUT2D eigenvalue weighted by Gasteiger charge is -2.37. The highest BCUT2D eigenvalue weighted by atomic mass is 19.1. The number of rotatable bonds is 5.